The third-order valence-corrected chi connectivity index (χ3v) is 5.64. The molecule has 1 amide bonds. The van der Waals surface area contributed by atoms with Crippen LogP contribution in [0.5, 0.6) is 6.01 Å². The van der Waals surface area contributed by atoms with Gasteiger partial charge in [-0.15, -0.1) is 0 Å². The lowest BCUT2D eigenvalue weighted by Gasteiger charge is -2.22. The number of benzene rings is 1. The van der Waals surface area contributed by atoms with Gasteiger partial charge in [0.25, 0.3) is 0 Å². The molecule has 0 spiro atoms. The molecule has 0 aliphatic rings. The minimum atomic E-state index is -0.371. The normalized spacial score (nSPS) is 11.0. The number of nitrogen functional groups attached to an aromatic ring is 1. The van der Waals surface area contributed by atoms with Crippen molar-refractivity contribution in [2.75, 3.05) is 32.5 Å². The zero-order valence-electron chi connectivity index (χ0n) is 20.7. The molecule has 0 fully saturated rings. The van der Waals surface area contributed by atoms with Gasteiger partial charge in [0.05, 0.1) is 26.7 Å². The van der Waals surface area contributed by atoms with Crippen LogP contribution in [0.2, 0.25) is 0 Å². The van der Waals surface area contributed by atoms with E-state index < -0.39 is 0 Å². The van der Waals surface area contributed by atoms with E-state index in [2.05, 4.69) is 15.0 Å². The number of carbonyl (C=O) groups excluding carboxylic acids is 2. The van der Waals surface area contributed by atoms with Crippen LogP contribution in [0.1, 0.15) is 37.3 Å². The predicted octanol–water partition coefficient (Wildman–Crippen LogP) is 0.974. The zero-order chi connectivity index (χ0) is 26.1. The van der Waals surface area contributed by atoms with Gasteiger partial charge in [-0.25, -0.2) is 4.79 Å². The van der Waals surface area contributed by atoms with Gasteiger partial charge in [0.1, 0.15) is 5.52 Å². The summed E-state index contributed by atoms with van der Waals surface area (Å²) in [5.41, 5.74) is 13.6. The van der Waals surface area contributed by atoms with Crippen LogP contribution in [-0.4, -0.2) is 63.1 Å². The summed E-state index contributed by atoms with van der Waals surface area (Å²) in [5, 5.41) is 0. The molecule has 12 nitrogen and oxygen atoms in total. The van der Waals surface area contributed by atoms with E-state index in [1.807, 2.05) is 31.2 Å². The molecule has 0 saturated heterocycles. The van der Waals surface area contributed by atoms with Crippen LogP contribution in [0.3, 0.4) is 0 Å². The first-order valence-electron chi connectivity index (χ1n) is 11.9. The van der Waals surface area contributed by atoms with Crippen LogP contribution in [0.25, 0.3) is 11.2 Å². The standard InChI is InChI=1S/C24H33N7O5/c1-3-4-11-36-23-28-21(26)20-22(29-23)31(24(34)27-20)10-6-9-30(18(32)14-25)15-17-8-5-7-16(12-17)13-19(33)35-2/h5,7-8,12H,3-4,6,9-11,13-15,25H2,1-2H3,(H,27,34)(H2,26,28,29). The molecule has 0 aliphatic carbocycles. The maximum absolute atomic E-state index is 12.6. The minimum absolute atomic E-state index is 0.118. The molecule has 0 saturated carbocycles. The molecule has 5 N–H and O–H groups in total. The Hall–Kier alpha value is -3.93. The summed E-state index contributed by atoms with van der Waals surface area (Å²) in [6.45, 7) is 3.32. The highest BCUT2D eigenvalue weighted by Gasteiger charge is 2.17. The van der Waals surface area contributed by atoms with Crippen molar-refractivity contribution in [2.24, 2.45) is 5.73 Å². The van der Waals surface area contributed by atoms with Crippen LogP contribution >= 0.6 is 0 Å². The zero-order valence-corrected chi connectivity index (χ0v) is 20.7. The van der Waals surface area contributed by atoms with Gasteiger partial charge in [0.15, 0.2) is 11.5 Å². The number of nitrogens with two attached hydrogens (primary N) is 2. The van der Waals surface area contributed by atoms with E-state index in [4.69, 9.17) is 20.9 Å². The molecule has 2 heterocycles. The molecule has 3 rings (SSSR count). The van der Waals surface area contributed by atoms with E-state index in [9.17, 15) is 14.4 Å². The highest BCUT2D eigenvalue weighted by molar-refractivity contribution is 5.82. The van der Waals surface area contributed by atoms with E-state index in [0.29, 0.717) is 43.8 Å². The Morgan fingerprint density at radius 2 is 1.97 bits per heavy atom. The summed E-state index contributed by atoms with van der Waals surface area (Å²) in [5.74, 6) is -0.429. The smallest absolute Gasteiger partial charge is 0.327 e. The predicted molar refractivity (Wildman–Crippen MR) is 134 cm³/mol. The summed E-state index contributed by atoms with van der Waals surface area (Å²) < 4.78 is 11.8. The number of nitrogens with zero attached hydrogens (tertiary/aromatic N) is 4. The Labute approximate surface area is 208 Å². The van der Waals surface area contributed by atoms with Crippen molar-refractivity contribution in [3.63, 3.8) is 0 Å². The number of rotatable bonds is 13. The number of unbranched alkanes of at least 4 members (excludes halogenated alkanes) is 1. The lowest BCUT2D eigenvalue weighted by Crippen LogP contribution is -2.37. The van der Waals surface area contributed by atoms with Gasteiger partial charge < -0.3 is 30.8 Å². The molecule has 0 atom stereocenters. The summed E-state index contributed by atoms with van der Waals surface area (Å²) in [7, 11) is 1.34. The molecule has 0 radical (unpaired) electrons. The topological polar surface area (TPSA) is 171 Å². The fourth-order valence-electron chi connectivity index (χ4n) is 3.75. The highest BCUT2D eigenvalue weighted by Crippen LogP contribution is 2.18. The number of fused-ring (bicyclic) bond motifs is 1. The number of ether oxygens (including phenoxy) is 2. The Bertz CT molecular complexity index is 1250. The average molecular weight is 500 g/mol. The fourth-order valence-corrected chi connectivity index (χ4v) is 3.75. The van der Waals surface area contributed by atoms with E-state index in [-0.39, 0.29) is 42.4 Å². The first kappa shape index (κ1) is 26.7. The van der Waals surface area contributed by atoms with Crippen molar-refractivity contribution in [1.82, 2.24) is 24.4 Å². The van der Waals surface area contributed by atoms with E-state index >= 15 is 0 Å². The summed E-state index contributed by atoms with van der Waals surface area (Å²) in [4.78, 5) is 49.5. The van der Waals surface area contributed by atoms with Crippen molar-refractivity contribution < 1.29 is 19.1 Å². The average Bonchev–Trinajstić information content (AvgIpc) is 3.18. The van der Waals surface area contributed by atoms with Crippen LogP contribution in [-0.2, 0) is 33.8 Å². The second kappa shape index (κ2) is 12.7. The SMILES string of the molecule is CCCCOc1nc(N)c2[nH]c(=O)n(CCCN(Cc3cccc(CC(=O)OC)c3)C(=O)CN)c2n1. The largest absolute Gasteiger partial charge is 0.469 e. The van der Waals surface area contributed by atoms with E-state index in [0.717, 1.165) is 24.0 Å². The van der Waals surface area contributed by atoms with E-state index in [1.165, 1.54) is 11.7 Å². The molecule has 3 aromatic rings. The second-order valence-electron chi connectivity index (χ2n) is 8.32. The van der Waals surface area contributed by atoms with Crippen LogP contribution in [0, 0.1) is 0 Å². The number of anilines is 1. The van der Waals surface area contributed by atoms with Crippen molar-refractivity contribution in [1.29, 1.82) is 0 Å². The number of imidazole rings is 1. The van der Waals surface area contributed by atoms with Crippen LogP contribution in [0.15, 0.2) is 29.1 Å². The number of H-pyrrole nitrogens is 1. The van der Waals surface area contributed by atoms with Gasteiger partial charge in [-0.3, -0.25) is 14.2 Å². The van der Waals surface area contributed by atoms with Gasteiger partial charge in [0.2, 0.25) is 5.91 Å². The van der Waals surface area contributed by atoms with Gasteiger partial charge in [0, 0.05) is 19.6 Å². The van der Waals surface area contributed by atoms with Crippen LogP contribution in [0.4, 0.5) is 5.82 Å². The number of hydrogen-bond donors (Lipinski definition) is 3. The molecule has 0 bridgehead atoms. The lowest BCUT2D eigenvalue weighted by atomic mass is 10.1. The quantitative estimate of drug-likeness (QED) is 0.229. The van der Waals surface area contributed by atoms with Gasteiger partial charge in [-0.1, -0.05) is 37.6 Å². The molecule has 194 valence electrons. The first-order chi connectivity index (χ1) is 17.4. The maximum Gasteiger partial charge on any atom is 0.327 e. The Morgan fingerprint density at radius 3 is 2.69 bits per heavy atom. The Balaban J connectivity index is 1.72. The van der Waals surface area contributed by atoms with Crippen molar-refractivity contribution >= 4 is 28.9 Å². The number of aromatic nitrogens is 4. The number of esters is 1. The number of hydrogen-bond acceptors (Lipinski definition) is 9. The van der Waals surface area contributed by atoms with Gasteiger partial charge in [-0.05, 0) is 24.0 Å². The molecule has 36 heavy (non-hydrogen) atoms. The van der Waals surface area contributed by atoms with Crippen LogP contribution < -0.4 is 21.9 Å². The van der Waals surface area contributed by atoms with Gasteiger partial charge in [-0.2, -0.15) is 9.97 Å². The number of aromatic amines is 1. The lowest BCUT2D eigenvalue weighted by molar-refractivity contribution is -0.139. The molecule has 0 aliphatic heterocycles. The first-order valence-corrected chi connectivity index (χ1v) is 11.9. The number of amides is 1. The maximum atomic E-state index is 12.6. The Kier molecular flexibility index (Phi) is 9.39. The third-order valence-electron chi connectivity index (χ3n) is 5.64. The summed E-state index contributed by atoms with van der Waals surface area (Å²) in [6, 6.07) is 7.51. The summed E-state index contributed by atoms with van der Waals surface area (Å²) in [6.07, 6.45) is 2.42. The van der Waals surface area contributed by atoms with E-state index in [1.54, 1.807) is 4.90 Å². The molecule has 0 unspecified atom stereocenters. The molecule has 1 aromatic carbocycles. The summed E-state index contributed by atoms with van der Waals surface area (Å²) >= 11 is 0. The minimum Gasteiger partial charge on any atom is -0.469 e. The second-order valence-corrected chi connectivity index (χ2v) is 8.32. The number of nitrogens with one attached hydrogen (secondary N) is 1. The number of carbonyl (C=O) groups is 2. The number of aryl methyl sites for hydroxylation is 1. The fraction of sp³-hybridized carbons (Fsp3) is 0.458. The molecular weight excluding hydrogens is 466 g/mol. The number of methoxy groups -OCH3 is 1. The van der Waals surface area contributed by atoms with Crippen molar-refractivity contribution in [3.8, 4) is 6.01 Å². The van der Waals surface area contributed by atoms with Crippen molar-refractivity contribution in [3.05, 3.63) is 45.9 Å². The monoisotopic (exact) mass is 499 g/mol. The highest BCUT2D eigenvalue weighted by atomic mass is 16.5. The van der Waals surface area contributed by atoms with Gasteiger partial charge >= 0.3 is 17.7 Å². The molecule has 12 heteroatoms. The molecule has 2 aromatic heterocycles. The Morgan fingerprint density at radius 1 is 1.19 bits per heavy atom. The third kappa shape index (κ3) is 6.81. The molecular formula is C24H33N7O5. The van der Waals surface area contributed by atoms with Crippen molar-refractivity contribution in [2.45, 2.75) is 45.7 Å².